The summed E-state index contributed by atoms with van der Waals surface area (Å²) in [6.07, 6.45) is 5.91. The van der Waals surface area contributed by atoms with Gasteiger partial charge in [-0.3, -0.25) is 4.79 Å². The number of nitrogens with zero attached hydrogens (tertiary/aromatic N) is 1. The molecule has 0 saturated heterocycles. The first-order valence-electron chi connectivity index (χ1n) is 10.7. The maximum absolute atomic E-state index is 11.5. The van der Waals surface area contributed by atoms with Crippen LogP contribution >= 0.6 is 0 Å². The molecule has 1 aromatic carbocycles. The SMILES string of the molecule is COc1ccnc(OC2CC(COc3cccc(C(C4CC4)C(C)C(=O)O)c3)C2)c1. The molecule has 2 aliphatic carbocycles. The third kappa shape index (κ3) is 4.86. The zero-order valence-electron chi connectivity index (χ0n) is 17.5. The van der Waals surface area contributed by atoms with Crippen molar-refractivity contribution in [3.05, 3.63) is 48.2 Å². The van der Waals surface area contributed by atoms with Gasteiger partial charge in [0.15, 0.2) is 0 Å². The maximum atomic E-state index is 11.5. The molecular weight excluding hydrogens is 382 g/mol. The van der Waals surface area contributed by atoms with E-state index < -0.39 is 5.97 Å². The lowest BCUT2D eigenvalue weighted by atomic mass is 9.82. The van der Waals surface area contributed by atoms with Crippen molar-refractivity contribution in [3.8, 4) is 17.4 Å². The highest BCUT2D eigenvalue weighted by Crippen LogP contribution is 2.47. The molecule has 2 aliphatic rings. The van der Waals surface area contributed by atoms with E-state index in [1.165, 1.54) is 0 Å². The first-order chi connectivity index (χ1) is 14.5. The zero-order valence-corrected chi connectivity index (χ0v) is 17.5. The van der Waals surface area contributed by atoms with Gasteiger partial charge in [0.25, 0.3) is 0 Å². The van der Waals surface area contributed by atoms with Gasteiger partial charge in [-0.1, -0.05) is 19.1 Å². The first kappa shape index (κ1) is 20.5. The molecule has 6 heteroatoms. The van der Waals surface area contributed by atoms with Crippen LogP contribution in [0.25, 0.3) is 0 Å². The van der Waals surface area contributed by atoms with Crippen molar-refractivity contribution in [1.82, 2.24) is 4.98 Å². The van der Waals surface area contributed by atoms with Crippen LogP contribution < -0.4 is 14.2 Å². The lowest BCUT2D eigenvalue weighted by Gasteiger charge is -2.34. The molecule has 1 heterocycles. The van der Waals surface area contributed by atoms with Gasteiger partial charge in [-0.2, -0.15) is 0 Å². The van der Waals surface area contributed by atoms with Crippen molar-refractivity contribution in [2.45, 2.75) is 44.6 Å². The van der Waals surface area contributed by atoms with Crippen molar-refractivity contribution >= 4 is 5.97 Å². The Morgan fingerprint density at radius 3 is 2.70 bits per heavy atom. The minimum absolute atomic E-state index is 0.0582. The number of methoxy groups -OCH3 is 1. The summed E-state index contributed by atoms with van der Waals surface area (Å²) in [5.41, 5.74) is 1.07. The predicted molar refractivity (Wildman–Crippen MR) is 112 cm³/mol. The predicted octanol–water partition coefficient (Wildman–Crippen LogP) is 4.54. The molecule has 2 fully saturated rings. The minimum Gasteiger partial charge on any atom is -0.497 e. The number of hydrogen-bond acceptors (Lipinski definition) is 5. The summed E-state index contributed by atoms with van der Waals surface area (Å²) < 4.78 is 17.1. The number of hydrogen-bond donors (Lipinski definition) is 1. The normalized spacial score (nSPS) is 22.5. The van der Waals surface area contributed by atoms with Gasteiger partial charge in [-0.05, 0) is 67.2 Å². The quantitative estimate of drug-likeness (QED) is 0.618. The van der Waals surface area contributed by atoms with Crippen LogP contribution in [0, 0.1) is 17.8 Å². The fourth-order valence-corrected chi connectivity index (χ4v) is 4.26. The van der Waals surface area contributed by atoms with E-state index >= 15 is 0 Å². The Bertz CT molecular complexity index is 875. The average molecular weight is 411 g/mol. The topological polar surface area (TPSA) is 77.9 Å². The van der Waals surface area contributed by atoms with Gasteiger partial charge in [-0.15, -0.1) is 0 Å². The van der Waals surface area contributed by atoms with Crippen LogP contribution in [0.5, 0.6) is 17.4 Å². The van der Waals surface area contributed by atoms with Crippen LogP contribution in [0.15, 0.2) is 42.6 Å². The summed E-state index contributed by atoms with van der Waals surface area (Å²) in [6, 6.07) is 11.6. The zero-order chi connectivity index (χ0) is 21.1. The number of pyridine rings is 1. The van der Waals surface area contributed by atoms with E-state index in [2.05, 4.69) is 4.98 Å². The van der Waals surface area contributed by atoms with Crippen molar-refractivity contribution in [3.63, 3.8) is 0 Å². The van der Waals surface area contributed by atoms with Crippen LogP contribution in [0.3, 0.4) is 0 Å². The third-order valence-electron chi connectivity index (χ3n) is 6.21. The van der Waals surface area contributed by atoms with Gasteiger partial charge < -0.3 is 19.3 Å². The van der Waals surface area contributed by atoms with Crippen LogP contribution in [0.4, 0.5) is 0 Å². The van der Waals surface area contributed by atoms with E-state index in [1.807, 2.05) is 31.2 Å². The second-order valence-corrected chi connectivity index (χ2v) is 8.48. The van der Waals surface area contributed by atoms with Gasteiger partial charge in [0.2, 0.25) is 5.88 Å². The summed E-state index contributed by atoms with van der Waals surface area (Å²) in [6.45, 7) is 2.45. The Kier molecular flexibility index (Phi) is 6.11. The van der Waals surface area contributed by atoms with Gasteiger partial charge in [0, 0.05) is 12.3 Å². The molecule has 4 rings (SSSR count). The highest BCUT2D eigenvalue weighted by atomic mass is 16.5. The van der Waals surface area contributed by atoms with Gasteiger partial charge in [-0.25, -0.2) is 4.98 Å². The molecular formula is C24H29NO5. The molecule has 0 spiro atoms. The molecule has 2 saturated carbocycles. The number of rotatable bonds is 10. The Morgan fingerprint density at radius 1 is 1.20 bits per heavy atom. The van der Waals surface area contributed by atoms with Crippen LogP contribution in [-0.4, -0.2) is 35.9 Å². The second kappa shape index (κ2) is 8.94. The molecule has 0 radical (unpaired) electrons. The fourth-order valence-electron chi connectivity index (χ4n) is 4.26. The molecule has 0 amide bonds. The van der Waals surface area contributed by atoms with Crippen molar-refractivity contribution < 1.29 is 24.1 Å². The second-order valence-electron chi connectivity index (χ2n) is 8.48. The number of carboxylic acids is 1. The number of aliphatic carboxylic acids is 1. The molecule has 2 unspecified atom stereocenters. The maximum Gasteiger partial charge on any atom is 0.306 e. The van der Waals surface area contributed by atoms with E-state index in [0.717, 1.165) is 42.7 Å². The summed E-state index contributed by atoms with van der Waals surface area (Å²) in [7, 11) is 1.63. The standard InChI is InChI=1S/C24H29NO5/c1-15(24(26)27)23(17-6-7-17)18-4-3-5-20(12-18)29-14-16-10-21(11-16)30-22-13-19(28-2)8-9-25-22/h3-5,8-9,12-13,15-17,21,23H,6-7,10-11,14H2,1-2H3,(H,26,27). The summed E-state index contributed by atoms with van der Waals surface area (Å²) in [4.78, 5) is 15.8. The molecule has 0 bridgehead atoms. The minimum atomic E-state index is -0.732. The van der Waals surface area contributed by atoms with E-state index in [4.69, 9.17) is 14.2 Å². The average Bonchev–Trinajstić information content (AvgIpc) is 3.55. The Balaban J connectivity index is 1.28. The van der Waals surface area contributed by atoms with E-state index in [9.17, 15) is 9.90 Å². The van der Waals surface area contributed by atoms with Crippen LogP contribution in [0.2, 0.25) is 0 Å². The third-order valence-corrected chi connectivity index (χ3v) is 6.21. The largest absolute Gasteiger partial charge is 0.497 e. The number of ether oxygens (including phenoxy) is 3. The summed E-state index contributed by atoms with van der Waals surface area (Å²) in [5.74, 6) is 2.00. The Morgan fingerprint density at radius 2 is 2.00 bits per heavy atom. The Hall–Kier alpha value is -2.76. The summed E-state index contributed by atoms with van der Waals surface area (Å²) in [5, 5.41) is 9.48. The van der Waals surface area contributed by atoms with Crippen molar-refractivity contribution in [2.24, 2.45) is 17.8 Å². The van der Waals surface area contributed by atoms with Crippen molar-refractivity contribution in [1.29, 1.82) is 0 Å². The van der Waals surface area contributed by atoms with E-state index in [0.29, 0.717) is 24.3 Å². The number of aromatic nitrogens is 1. The van der Waals surface area contributed by atoms with Gasteiger partial charge in [0.05, 0.1) is 19.6 Å². The lowest BCUT2D eigenvalue weighted by Crippen LogP contribution is -2.37. The lowest BCUT2D eigenvalue weighted by molar-refractivity contribution is -0.142. The monoisotopic (exact) mass is 411 g/mol. The first-order valence-corrected chi connectivity index (χ1v) is 10.7. The molecule has 6 nitrogen and oxygen atoms in total. The molecule has 1 aromatic heterocycles. The van der Waals surface area contributed by atoms with Crippen LogP contribution in [0.1, 0.15) is 44.1 Å². The van der Waals surface area contributed by atoms with E-state index in [-0.39, 0.29) is 17.9 Å². The number of carboxylic acid groups (broad SMARTS) is 1. The number of benzene rings is 1. The number of carbonyl (C=O) groups is 1. The van der Waals surface area contributed by atoms with Crippen LogP contribution in [-0.2, 0) is 4.79 Å². The molecule has 160 valence electrons. The van der Waals surface area contributed by atoms with E-state index in [1.54, 1.807) is 25.4 Å². The van der Waals surface area contributed by atoms with Gasteiger partial charge in [0.1, 0.15) is 17.6 Å². The summed E-state index contributed by atoms with van der Waals surface area (Å²) >= 11 is 0. The molecule has 2 aromatic rings. The highest BCUT2D eigenvalue weighted by Gasteiger charge is 2.38. The Labute approximate surface area is 177 Å². The smallest absolute Gasteiger partial charge is 0.306 e. The molecule has 1 N–H and O–H groups in total. The fraction of sp³-hybridized carbons (Fsp3) is 0.500. The molecule has 2 atom stereocenters. The molecule has 30 heavy (non-hydrogen) atoms. The highest BCUT2D eigenvalue weighted by molar-refractivity contribution is 5.71. The molecule has 0 aliphatic heterocycles. The van der Waals surface area contributed by atoms with Crippen molar-refractivity contribution in [2.75, 3.05) is 13.7 Å². The van der Waals surface area contributed by atoms with Gasteiger partial charge >= 0.3 is 5.97 Å².